The molecule has 2 N–H and O–H groups in total. The second-order valence-electron chi connectivity index (χ2n) is 6.67. The summed E-state index contributed by atoms with van der Waals surface area (Å²) in [5.41, 5.74) is 2.38. The molecule has 156 valence electrons. The molecular weight excluding hydrogens is 372 g/mol. The van der Waals surface area contributed by atoms with Crippen LogP contribution in [-0.4, -0.2) is 36.0 Å². The van der Waals surface area contributed by atoms with Gasteiger partial charge in [0.05, 0.1) is 13.2 Å². The largest absolute Gasteiger partial charge is 0.507 e. The van der Waals surface area contributed by atoms with E-state index in [0.29, 0.717) is 36.9 Å². The van der Waals surface area contributed by atoms with Crippen LogP contribution >= 0.6 is 0 Å². The topological polar surface area (TPSA) is 85.2 Å². The van der Waals surface area contributed by atoms with Crippen molar-refractivity contribution in [2.75, 3.05) is 19.8 Å². The average molecular weight is 400 g/mol. The first kappa shape index (κ1) is 22.1. The molecule has 0 aliphatic rings. The van der Waals surface area contributed by atoms with Gasteiger partial charge in [-0.25, -0.2) is 4.79 Å². The van der Waals surface area contributed by atoms with Gasteiger partial charge in [-0.15, -0.1) is 0 Å². The third kappa shape index (κ3) is 6.75. The number of hydrogen-bond donors (Lipinski definition) is 2. The molecule has 0 saturated heterocycles. The normalized spacial score (nSPS) is 10.4. The number of rotatable bonds is 12. The number of phenols is 1. The fourth-order valence-corrected chi connectivity index (χ4v) is 2.80. The lowest BCUT2D eigenvalue weighted by molar-refractivity contribution is -0.139. The maximum Gasteiger partial charge on any atom is 0.341 e. The fraction of sp³-hybridized carbons (Fsp3) is 0.348. The maximum absolute atomic E-state index is 10.5. The zero-order valence-electron chi connectivity index (χ0n) is 16.9. The highest BCUT2D eigenvalue weighted by Gasteiger charge is 2.13. The Bertz CT molecular complexity index is 826. The Morgan fingerprint density at radius 1 is 1.00 bits per heavy atom. The van der Waals surface area contributed by atoms with Crippen molar-refractivity contribution in [3.63, 3.8) is 0 Å². The van der Waals surface area contributed by atoms with Gasteiger partial charge in [0, 0.05) is 17.5 Å². The number of hydrogen-bond acceptors (Lipinski definition) is 5. The Balaban J connectivity index is 1.82. The van der Waals surface area contributed by atoms with Crippen molar-refractivity contribution in [1.82, 2.24) is 0 Å². The van der Waals surface area contributed by atoms with E-state index in [4.69, 9.17) is 19.3 Å². The molecule has 29 heavy (non-hydrogen) atoms. The highest BCUT2D eigenvalue weighted by Crippen LogP contribution is 2.35. The van der Waals surface area contributed by atoms with Gasteiger partial charge in [0.1, 0.15) is 23.0 Å². The molecule has 0 spiro atoms. The highest BCUT2D eigenvalue weighted by atomic mass is 16.5. The molecule has 0 aromatic heterocycles. The van der Waals surface area contributed by atoms with Crippen LogP contribution in [0.4, 0.5) is 0 Å². The average Bonchev–Trinajstić information content (AvgIpc) is 2.69. The van der Waals surface area contributed by atoms with Gasteiger partial charge in [-0.1, -0.05) is 19.9 Å². The molecule has 0 saturated carbocycles. The van der Waals surface area contributed by atoms with E-state index in [-0.39, 0.29) is 12.4 Å². The Morgan fingerprint density at radius 3 is 2.21 bits per heavy atom. The minimum atomic E-state index is -1.02. The van der Waals surface area contributed by atoms with E-state index in [1.54, 1.807) is 24.3 Å². The molecule has 2 aromatic carbocycles. The number of carbonyl (C=O) groups is 1. The van der Waals surface area contributed by atoms with E-state index in [2.05, 4.69) is 13.5 Å². The van der Waals surface area contributed by atoms with Crippen molar-refractivity contribution in [2.24, 2.45) is 0 Å². The molecule has 0 amide bonds. The maximum atomic E-state index is 10.5. The Kier molecular flexibility index (Phi) is 8.40. The van der Waals surface area contributed by atoms with Gasteiger partial charge < -0.3 is 24.4 Å². The van der Waals surface area contributed by atoms with Crippen molar-refractivity contribution >= 4 is 11.5 Å². The monoisotopic (exact) mass is 400 g/mol. The molecule has 0 atom stereocenters. The minimum absolute atomic E-state index is 0.248. The number of carboxylic acid groups (broad SMARTS) is 1. The van der Waals surface area contributed by atoms with Crippen LogP contribution in [0.3, 0.4) is 0 Å². The van der Waals surface area contributed by atoms with Crippen LogP contribution < -0.4 is 14.2 Å². The van der Waals surface area contributed by atoms with E-state index >= 15 is 0 Å². The lowest BCUT2D eigenvalue weighted by Gasteiger charge is -2.16. The summed E-state index contributed by atoms with van der Waals surface area (Å²) in [6.07, 6.45) is 2.31. The fourth-order valence-electron chi connectivity index (χ4n) is 2.80. The molecule has 0 fully saturated rings. The number of ether oxygens (including phenoxy) is 3. The van der Waals surface area contributed by atoms with E-state index in [1.807, 2.05) is 19.1 Å². The first-order valence-electron chi connectivity index (χ1n) is 9.63. The predicted molar refractivity (Wildman–Crippen MR) is 112 cm³/mol. The molecule has 0 heterocycles. The lowest BCUT2D eigenvalue weighted by atomic mass is 10.00. The number of benzene rings is 2. The first-order chi connectivity index (χ1) is 13.9. The quantitative estimate of drug-likeness (QED) is 0.503. The van der Waals surface area contributed by atoms with Gasteiger partial charge in [0.2, 0.25) is 0 Å². The smallest absolute Gasteiger partial charge is 0.341 e. The van der Waals surface area contributed by atoms with Crippen molar-refractivity contribution in [3.05, 3.63) is 54.1 Å². The molecule has 0 radical (unpaired) electrons. The third-order valence-corrected chi connectivity index (χ3v) is 4.20. The van der Waals surface area contributed by atoms with Gasteiger partial charge in [-0.3, -0.25) is 0 Å². The summed E-state index contributed by atoms with van der Waals surface area (Å²) in [7, 11) is 0. The van der Waals surface area contributed by atoms with Crippen LogP contribution in [-0.2, 0) is 11.2 Å². The second kappa shape index (κ2) is 11.0. The molecule has 2 rings (SSSR count). The Morgan fingerprint density at radius 2 is 1.62 bits per heavy atom. The van der Waals surface area contributed by atoms with Crippen molar-refractivity contribution < 1.29 is 29.2 Å². The van der Waals surface area contributed by atoms with Gasteiger partial charge in [-0.2, -0.15) is 0 Å². The molecule has 6 nitrogen and oxygen atoms in total. The minimum Gasteiger partial charge on any atom is -0.507 e. The van der Waals surface area contributed by atoms with E-state index in [9.17, 15) is 9.90 Å². The summed E-state index contributed by atoms with van der Waals surface area (Å²) in [6, 6.07) is 10.5. The summed E-state index contributed by atoms with van der Waals surface area (Å²) >= 11 is 0. The predicted octanol–water partition coefficient (Wildman–Crippen LogP) is 4.69. The van der Waals surface area contributed by atoms with Crippen molar-refractivity contribution in [3.8, 4) is 23.0 Å². The zero-order chi connectivity index (χ0) is 21.2. The van der Waals surface area contributed by atoms with Gasteiger partial charge in [-0.05, 0) is 55.3 Å². The lowest BCUT2D eigenvalue weighted by Crippen LogP contribution is -2.09. The molecular formula is C23H28O6. The SMILES string of the molecule is C=C(C)c1ccc(OCCCOc2ccc(OCC(=O)O)cc2)c(CCC)c1O. The van der Waals surface area contributed by atoms with Crippen LogP contribution in [0.1, 0.15) is 37.8 Å². The molecule has 0 unspecified atom stereocenters. The van der Waals surface area contributed by atoms with E-state index in [1.165, 1.54) is 0 Å². The number of phenolic OH excluding ortho intramolecular Hbond substituents is 1. The number of aliphatic carboxylic acids is 1. The molecule has 0 aliphatic heterocycles. The molecule has 0 bridgehead atoms. The molecule has 2 aromatic rings. The highest BCUT2D eigenvalue weighted by molar-refractivity contribution is 5.70. The number of allylic oxidation sites excluding steroid dienone is 1. The van der Waals surface area contributed by atoms with Crippen molar-refractivity contribution in [2.45, 2.75) is 33.1 Å². The van der Waals surface area contributed by atoms with Crippen LogP contribution in [0.15, 0.2) is 43.0 Å². The van der Waals surface area contributed by atoms with Crippen LogP contribution in [0.25, 0.3) is 5.57 Å². The molecule has 6 heteroatoms. The van der Waals surface area contributed by atoms with Gasteiger partial charge in [0.15, 0.2) is 6.61 Å². The van der Waals surface area contributed by atoms with E-state index in [0.717, 1.165) is 29.5 Å². The molecule has 0 aliphatic carbocycles. The number of aromatic hydroxyl groups is 1. The Hall–Kier alpha value is -3.15. The summed E-state index contributed by atoms with van der Waals surface area (Å²) < 4.78 is 16.6. The number of carboxylic acids is 1. The van der Waals surface area contributed by atoms with Crippen molar-refractivity contribution in [1.29, 1.82) is 0 Å². The summed E-state index contributed by atoms with van der Waals surface area (Å²) in [4.78, 5) is 10.5. The summed E-state index contributed by atoms with van der Waals surface area (Å²) in [5, 5.41) is 19.1. The third-order valence-electron chi connectivity index (χ3n) is 4.20. The van der Waals surface area contributed by atoms with E-state index < -0.39 is 5.97 Å². The first-order valence-corrected chi connectivity index (χ1v) is 9.63. The summed E-state index contributed by atoms with van der Waals surface area (Å²) in [5.74, 6) is 1.06. The zero-order valence-corrected chi connectivity index (χ0v) is 16.9. The summed E-state index contributed by atoms with van der Waals surface area (Å²) in [6.45, 7) is 8.38. The van der Waals surface area contributed by atoms with Gasteiger partial charge >= 0.3 is 5.97 Å². The second-order valence-corrected chi connectivity index (χ2v) is 6.67. The van der Waals surface area contributed by atoms with Crippen LogP contribution in [0.5, 0.6) is 23.0 Å². The standard InChI is InChI=1S/C23H28O6/c1-4-6-20-21(12-11-19(16(2)3)23(20)26)28-14-5-13-27-17-7-9-18(10-8-17)29-15-22(24)25/h7-12,26H,2,4-6,13-15H2,1,3H3,(H,24,25). The Labute approximate surface area is 171 Å². The van der Waals surface area contributed by atoms with Crippen LogP contribution in [0, 0.1) is 0 Å². The van der Waals surface area contributed by atoms with Crippen LogP contribution in [0.2, 0.25) is 0 Å². The van der Waals surface area contributed by atoms with Gasteiger partial charge in [0.25, 0.3) is 0 Å².